The molecule has 0 heterocycles. The van der Waals surface area contributed by atoms with Crippen LogP contribution in [0.4, 0.5) is 0 Å². The molecule has 0 aromatic rings. The molecule has 0 N–H and O–H groups in total. The third-order valence-corrected chi connectivity index (χ3v) is 5.26. The van der Waals surface area contributed by atoms with E-state index in [-0.39, 0.29) is 5.75 Å². The minimum Gasteiger partial charge on any atom is -0.305 e. The van der Waals surface area contributed by atoms with E-state index in [1.165, 1.54) is 25.5 Å². The molecule has 0 spiro atoms. The van der Waals surface area contributed by atoms with Crippen LogP contribution in [0.2, 0.25) is 0 Å². The number of sulfone groups is 1. The maximum absolute atomic E-state index is 11.0. The molecule has 0 amide bonds. The molecule has 5 heteroatoms. The summed E-state index contributed by atoms with van der Waals surface area (Å²) in [5.41, 5.74) is 0.409. The van der Waals surface area contributed by atoms with Crippen molar-refractivity contribution in [1.82, 2.24) is 4.90 Å². The van der Waals surface area contributed by atoms with Crippen molar-refractivity contribution in [3.8, 4) is 0 Å². The summed E-state index contributed by atoms with van der Waals surface area (Å²) in [6.45, 7) is 1.65. The molecule has 1 fully saturated rings. The Bertz CT molecular complexity index is 293. The molecule has 1 rings (SSSR count). The van der Waals surface area contributed by atoms with Crippen molar-refractivity contribution in [1.29, 1.82) is 0 Å². The van der Waals surface area contributed by atoms with Crippen LogP contribution in [0.1, 0.15) is 19.3 Å². The Morgan fingerprint density at radius 1 is 1.40 bits per heavy atom. The van der Waals surface area contributed by atoms with E-state index < -0.39 is 9.84 Å². The van der Waals surface area contributed by atoms with Crippen molar-refractivity contribution in [2.24, 2.45) is 5.41 Å². The number of nitrogens with zero attached hydrogens (tertiary/aromatic N) is 1. The molecule has 1 aliphatic carbocycles. The maximum atomic E-state index is 11.0. The molecular formula is C10H20BrNO2S. The smallest absolute Gasteiger partial charge is 0.148 e. The Balaban J connectivity index is 2.32. The molecule has 0 bridgehead atoms. The van der Waals surface area contributed by atoms with E-state index in [1.807, 2.05) is 7.05 Å². The Morgan fingerprint density at radius 3 is 2.33 bits per heavy atom. The molecule has 1 saturated carbocycles. The second-order valence-electron chi connectivity index (χ2n) is 4.85. The van der Waals surface area contributed by atoms with Crippen molar-refractivity contribution in [2.75, 3.05) is 37.5 Å². The molecule has 0 aromatic carbocycles. The van der Waals surface area contributed by atoms with Gasteiger partial charge >= 0.3 is 0 Å². The average Bonchev–Trinajstić information content (AvgIpc) is 2.07. The molecule has 0 aromatic heterocycles. The van der Waals surface area contributed by atoms with Crippen molar-refractivity contribution in [2.45, 2.75) is 19.3 Å². The second kappa shape index (κ2) is 5.15. The number of halogens is 1. The van der Waals surface area contributed by atoms with E-state index in [0.29, 0.717) is 12.0 Å². The lowest BCUT2D eigenvalue weighted by Gasteiger charge is -2.43. The Morgan fingerprint density at radius 2 is 2.00 bits per heavy atom. The first-order chi connectivity index (χ1) is 6.87. The highest BCUT2D eigenvalue weighted by atomic mass is 79.9. The number of rotatable bonds is 6. The van der Waals surface area contributed by atoms with E-state index in [4.69, 9.17) is 0 Å². The van der Waals surface area contributed by atoms with Gasteiger partial charge in [0.15, 0.2) is 0 Å². The lowest BCUT2D eigenvalue weighted by molar-refractivity contribution is 0.109. The van der Waals surface area contributed by atoms with Gasteiger partial charge in [-0.3, -0.25) is 0 Å². The molecule has 0 radical (unpaired) electrons. The molecule has 0 aliphatic heterocycles. The largest absolute Gasteiger partial charge is 0.305 e. The quantitative estimate of drug-likeness (QED) is 0.698. The predicted molar refractivity (Wildman–Crippen MR) is 67.3 cm³/mol. The third kappa shape index (κ3) is 4.41. The van der Waals surface area contributed by atoms with Crippen LogP contribution in [-0.4, -0.2) is 50.8 Å². The first kappa shape index (κ1) is 13.5. The number of hydrogen-bond donors (Lipinski definition) is 0. The fourth-order valence-electron chi connectivity index (χ4n) is 1.98. The van der Waals surface area contributed by atoms with Crippen molar-refractivity contribution >= 4 is 25.8 Å². The fraction of sp³-hybridized carbons (Fsp3) is 1.00. The minimum atomic E-state index is -2.82. The summed E-state index contributed by atoms with van der Waals surface area (Å²) < 4.78 is 22.0. The van der Waals surface area contributed by atoms with Crippen LogP contribution in [0, 0.1) is 5.41 Å². The molecule has 0 saturated heterocycles. The van der Waals surface area contributed by atoms with Gasteiger partial charge in [0.1, 0.15) is 9.84 Å². The highest BCUT2D eigenvalue weighted by Gasteiger charge is 2.36. The average molecular weight is 298 g/mol. The number of hydrogen-bond acceptors (Lipinski definition) is 3. The summed E-state index contributed by atoms with van der Waals surface area (Å²) in [6, 6.07) is 0. The van der Waals surface area contributed by atoms with Crippen molar-refractivity contribution < 1.29 is 8.42 Å². The minimum absolute atomic E-state index is 0.266. The summed E-state index contributed by atoms with van der Waals surface area (Å²) in [5, 5.41) is 1.03. The van der Waals surface area contributed by atoms with Crippen LogP contribution in [-0.2, 0) is 9.84 Å². The van der Waals surface area contributed by atoms with Gasteiger partial charge in [-0.15, -0.1) is 0 Å². The van der Waals surface area contributed by atoms with Gasteiger partial charge in [-0.1, -0.05) is 22.4 Å². The highest BCUT2D eigenvalue weighted by Crippen LogP contribution is 2.42. The standard InChI is InChI=1S/C10H20BrNO2S/c1-12(6-7-15(2,13)14)9-10(8-11)4-3-5-10/h3-9H2,1-2H3. The zero-order chi connectivity index (χ0) is 11.5. The second-order valence-corrected chi connectivity index (χ2v) is 7.68. The summed E-state index contributed by atoms with van der Waals surface area (Å²) in [6.07, 6.45) is 5.14. The van der Waals surface area contributed by atoms with E-state index in [9.17, 15) is 8.42 Å². The van der Waals surface area contributed by atoms with E-state index in [0.717, 1.165) is 11.9 Å². The zero-order valence-electron chi connectivity index (χ0n) is 9.50. The van der Waals surface area contributed by atoms with Crippen LogP contribution >= 0.6 is 15.9 Å². The van der Waals surface area contributed by atoms with Crippen molar-refractivity contribution in [3.05, 3.63) is 0 Å². The van der Waals surface area contributed by atoms with Gasteiger partial charge in [0.25, 0.3) is 0 Å². The lowest BCUT2D eigenvalue weighted by atomic mass is 9.70. The van der Waals surface area contributed by atoms with Gasteiger partial charge in [0.2, 0.25) is 0 Å². The first-order valence-electron chi connectivity index (χ1n) is 5.29. The molecule has 15 heavy (non-hydrogen) atoms. The molecule has 0 atom stereocenters. The Labute approximate surface area is 101 Å². The zero-order valence-corrected chi connectivity index (χ0v) is 11.9. The molecular weight excluding hydrogens is 278 g/mol. The summed E-state index contributed by atoms with van der Waals surface area (Å²) in [7, 11) is -0.816. The summed E-state index contributed by atoms with van der Waals surface area (Å²) >= 11 is 3.56. The van der Waals surface area contributed by atoms with Gasteiger partial charge in [0, 0.05) is 24.7 Å². The van der Waals surface area contributed by atoms with Crippen LogP contribution in [0.3, 0.4) is 0 Å². The van der Waals surface area contributed by atoms with Gasteiger partial charge in [-0.05, 0) is 25.3 Å². The van der Waals surface area contributed by atoms with Gasteiger partial charge in [0.05, 0.1) is 5.75 Å². The highest BCUT2D eigenvalue weighted by molar-refractivity contribution is 9.09. The first-order valence-corrected chi connectivity index (χ1v) is 8.47. The van der Waals surface area contributed by atoms with Crippen LogP contribution < -0.4 is 0 Å². The molecule has 1 aliphatic rings. The van der Waals surface area contributed by atoms with E-state index >= 15 is 0 Å². The van der Waals surface area contributed by atoms with Gasteiger partial charge < -0.3 is 4.90 Å². The number of alkyl halides is 1. The van der Waals surface area contributed by atoms with Gasteiger partial charge in [-0.25, -0.2) is 8.42 Å². The summed E-state index contributed by atoms with van der Waals surface area (Å²) in [4.78, 5) is 2.14. The molecule has 3 nitrogen and oxygen atoms in total. The SMILES string of the molecule is CN(CCS(C)(=O)=O)CC1(CBr)CCC1. The topological polar surface area (TPSA) is 37.4 Å². The van der Waals surface area contributed by atoms with Crippen molar-refractivity contribution in [3.63, 3.8) is 0 Å². The normalized spacial score (nSPS) is 20.3. The monoisotopic (exact) mass is 297 g/mol. The Hall–Kier alpha value is 0.390. The molecule has 90 valence electrons. The van der Waals surface area contributed by atoms with Crippen LogP contribution in [0.25, 0.3) is 0 Å². The lowest BCUT2D eigenvalue weighted by Crippen LogP contribution is -2.43. The maximum Gasteiger partial charge on any atom is 0.148 e. The molecule has 0 unspecified atom stereocenters. The van der Waals surface area contributed by atoms with E-state index in [2.05, 4.69) is 20.8 Å². The van der Waals surface area contributed by atoms with Gasteiger partial charge in [-0.2, -0.15) is 0 Å². The van der Waals surface area contributed by atoms with Crippen LogP contribution in [0.15, 0.2) is 0 Å². The summed E-state index contributed by atoms with van der Waals surface area (Å²) in [5.74, 6) is 0.266. The predicted octanol–water partition coefficient (Wildman–Crippen LogP) is 1.53. The fourth-order valence-corrected chi connectivity index (χ4v) is 3.37. The van der Waals surface area contributed by atoms with E-state index in [1.54, 1.807) is 0 Å². The third-order valence-electron chi connectivity index (χ3n) is 3.15. The van der Waals surface area contributed by atoms with Crippen LogP contribution in [0.5, 0.6) is 0 Å². The Kier molecular flexibility index (Phi) is 4.62.